The van der Waals surface area contributed by atoms with E-state index in [1.165, 1.54) is 0 Å². The van der Waals surface area contributed by atoms with Crippen LogP contribution < -0.4 is 15.4 Å². The highest BCUT2D eigenvalue weighted by atomic mass is 79.9. The maximum absolute atomic E-state index is 12.4. The molecule has 1 amide bonds. The van der Waals surface area contributed by atoms with Crippen LogP contribution in [0.2, 0.25) is 0 Å². The fourth-order valence-electron chi connectivity index (χ4n) is 2.60. The molecule has 2 rings (SSSR count). The lowest BCUT2D eigenvalue weighted by molar-refractivity contribution is -0.130. The van der Waals surface area contributed by atoms with Gasteiger partial charge < -0.3 is 20.3 Å². The number of carbonyl (C=O) groups excluding carboxylic acids is 1. The molecule has 2 N–H and O–H groups in total. The normalized spacial score (nSPS) is 11.1. The minimum absolute atomic E-state index is 0.0776. The van der Waals surface area contributed by atoms with Crippen LogP contribution in [0.5, 0.6) is 5.75 Å². The average Bonchev–Trinajstić information content (AvgIpc) is 2.72. The summed E-state index contributed by atoms with van der Waals surface area (Å²) in [5.74, 6) is 1.57. The molecule has 7 heteroatoms. The second kappa shape index (κ2) is 11.3. The summed E-state index contributed by atoms with van der Waals surface area (Å²) in [5.41, 5.74) is 2.20. The van der Waals surface area contributed by atoms with Gasteiger partial charge in [-0.05, 0) is 29.3 Å². The monoisotopic (exact) mass is 446 g/mol. The van der Waals surface area contributed by atoms with E-state index in [1.54, 1.807) is 19.1 Å². The first kappa shape index (κ1) is 21.8. The second-order valence-electron chi connectivity index (χ2n) is 6.29. The van der Waals surface area contributed by atoms with E-state index in [0.717, 1.165) is 21.3 Å². The third-order valence-corrected chi connectivity index (χ3v) is 5.04. The highest BCUT2D eigenvalue weighted by Crippen LogP contribution is 2.17. The van der Waals surface area contributed by atoms with Gasteiger partial charge in [0.1, 0.15) is 5.75 Å². The Bertz CT molecular complexity index is 793. The number of carbonyl (C=O) groups is 1. The molecule has 28 heavy (non-hydrogen) atoms. The maximum atomic E-state index is 12.4. The summed E-state index contributed by atoms with van der Waals surface area (Å²) >= 11 is 3.52. The predicted octanol–water partition coefficient (Wildman–Crippen LogP) is 3.17. The lowest BCUT2D eigenvalue weighted by atomic mass is 10.2. The van der Waals surface area contributed by atoms with Crippen LogP contribution in [0.3, 0.4) is 0 Å². The van der Waals surface area contributed by atoms with E-state index in [2.05, 4.69) is 31.6 Å². The molecular weight excluding hydrogens is 420 g/mol. The number of methoxy groups -OCH3 is 1. The summed E-state index contributed by atoms with van der Waals surface area (Å²) in [7, 11) is 5.18. The first-order valence-corrected chi connectivity index (χ1v) is 9.87. The molecule has 2 aromatic rings. The van der Waals surface area contributed by atoms with Gasteiger partial charge in [-0.1, -0.05) is 46.3 Å². The van der Waals surface area contributed by atoms with Gasteiger partial charge in [0.25, 0.3) is 0 Å². The van der Waals surface area contributed by atoms with Gasteiger partial charge in [-0.25, -0.2) is 0 Å². The van der Waals surface area contributed by atoms with Gasteiger partial charge in [0, 0.05) is 44.6 Å². The van der Waals surface area contributed by atoms with Crippen LogP contribution in [0.15, 0.2) is 58.0 Å². The first-order valence-electron chi connectivity index (χ1n) is 9.08. The molecule has 6 nitrogen and oxygen atoms in total. The van der Waals surface area contributed by atoms with E-state index in [0.29, 0.717) is 32.0 Å². The van der Waals surface area contributed by atoms with Crippen molar-refractivity contribution in [1.82, 2.24) is 15.5 Å². The zero-order valence-electron chi connectivity index (χ0n) is 16.5. The lowest BCUT2D eigenvalue weighted by Crippen LogP contribution is -2.39. The minimum Gasteiger partial charge on any atom is -0.497 e. The number of benzene rings is 2. The Kier molecular flexibility index (Phi) is 8.81. The van der Waals surface area contributed by atoms with E-state index in [4.69, 9.17) is 4.74 Å². The Labute approximate surface area is 175 Å². The topological polar surface area (TPSA) is 66.0 Å². The van der Waals surface area contributed by atoms with E-state index in [-0.39, 0.29) is 5.91 Å². The number of hydrogen-bond donors (Lipinski definition) is 2. The standard InChI is InChI=1S/C21H27BrN4O2/c1-23-21(25-14-16-8-10-18(28-3)11-9-16)24-13-12-20(27)26(2)15-17-6-4-5-7-19(17)22/h4-11H,12-15H2,1-3H3,(H2,23,24,25). The van der Waals surface area contributed by atoms with Crippen LogP contribution in [0, 0.1) is 0 Å². The molecule has 0 radical (unpaired) electrons. The molecule has 0 heterocycles. The van der Waals surface area contributed by atoms with Crippen molar-refractivity contribution in [2.24, 2.45) is 4.99 Å². The summed E-state index contributed by atoms with van der Waals surface area (Å²) in [6.45, 7) is 1.73. The number of ether oxygens (including phenoxy) is 1. The largest absolute Gasteiger partial charge is 0.497 e. The molecule has 0 saturated carbocycles. The van der Waals surface area contributed by atoms with Crippen molar-refractivity contribution < 1.29 is 9.53 Å². The fourth-order valence-corrected chi connectivity index (χ4v) is 3.01. The van der Waals surface area contributed by atoms with Gasteiger partial charge in [0.2, 0.25) is 5.91 Å². The van der Waals surface area contributed by atoms with Gasteiger partial charge in [0.15, 0.2) is 5.96 Å². The number of nitrogens with one attached hydrogen (secondary N) is 2. The molecule has 2 aromatic carbocycles. The van der Waals surface area contributed by atoms with Crippen molar-refractivity contribution in [2.75, 3.05) is 27.7 Å². The lowest BCUT2D eigenvalue weighted by Gasteiger charge is -2.19. The summed E-state index contributed by atoms with van der Waals surface area (Å²) in [4.78, 5) is 18.3. The Morgan fingerprint density at radius 1 is 1.14 bits per heavy atom. The Balaban J connectivity index is 1.73. The van der Waals surface area contributed by atoms with Crippen molar-refractivity contribution in [3.8, 4) is 5.75 Å². The molecule has 0 aliphatic heterocycles. The number of guanidine groups is 1. The number of amides is 1. The minimum atomic E-state index is 0.0776. The van der Waals surface area contributed by atoms with Gasteiger partial charge >= 0.3 is 0 Å². The van der Waals surface area contributed by atoms with Gasteiger partial charge in [0.05, 0.1) is 7.11 Å². The molecule has 0 aromatic heterocycles. The van der Waals surface area contributed by atoms with Crippen LogP contribution in [-0.2, 0) is 17.9 Å². The van der Waals surface area contributed by atoms with E-state index in [1.807, 2.05) is 55.6 Å². The molecule has 0 unspecified atom stereocenters. The van der Waals surface area contributed by atoms with E-state index in [9.17, 15) is 4.79 Å². The Hall–Kier alpha value is -2.54. The Morgan fingerprint density at radius 3 is 2.50 bits per heavy atom. The molecule has 150 valence electrons. The molecule has 0 bridgehead atoms. The number of hydrogen-bond acceptors (Lipinski definition) is 3. The Morgan fingerprint density at radius 2 is 1.86 bits per heavy atom. The molecule has 0 aliphatic rings. The number of aliphatic imine (C=N–C) groups is 1. The van der Waals surface area contributed by atoms with Crippen LogP contribution in [0.25, 0.3) is 0 Å². The van der Waals surface area contributed by atoms with Crippen molar-refractivity contribution in [3.63, 3.8) is 0 Å². The average molecular weight is 447 g/mol. The molecule has 0 spiro atoms. The quantitative estimate of drug-likeness (QED) is 0.482. The highest BCUT2D eigenvalue weighted by molar-refractivity contribution is 9.10. The van der Waals surface area contributed by atoms with Crippen LogP contribution in [-0.4, -0.2) is 44.5 Å². The summed E-state index contributed by atoms with van der Waals surface area (Å²) in [5, 5.41) is 6.42. The van der Waals surface area contributed by atoms with E-state index < -0.39 is 0 Å². The second-order valence-corrected chi connectivity index (χ2v) is 7.15. The van der Waals surface area contributed by atoms with Gasteiger partial charge in [-0.15, -0.1) is 0 Å². The molecule has 0 saturated heterocycles. The van der Waals surface area contributed by atoms with Gasteiger partial charge in [-0.2, -0.15) is 0 Å². The van der Waals surface area contributed by atoms with Crippen molar-refractivity contribution >= 4 is 27.8 Å². The summed E-state index contributed by atoms with van der Waals surface area (Å²) in [6, 6.07) is 15.8. The maximum Gasteiger partial charge on any atom is 0.224 e. The van der Waals surface area contributed by atoms with Crippen molar-refractivity contribution in [2.45, 2.75) is 19.5 Å². The smallest absolute Gasteiger partial charge is 0.224 e. The predicted molar refractivity (Wildman–Crippen MR) is 116 cm³/mol. The number of rotatable bonds is 8. The summed E-state index contributed by atoms with van der Waals surface area (Å²) in [6.07, 6.45) is 0.393. The molecule has 0 aliphatic carbocycles. The zero-order valence-corrected chi connectivity index (χ0v) is 18.1. The third-order valence-electron chi connectivity index (χ3n) is 4.27. The molecule has 0 atom stereocenters. The molecule has 0 fully saturated rings. The summed E-state index contributed by atoms with van der Waals surface area (Å²) < 4.78 is 6.17. The van der Waals surface area contributed by atoms with Gasteiger partial charge in [-0.3, -0.25) is 9.79 Å². The van der Waals surface area contributed by atoms with Crippen molar-refractivity contribution in [3.05, 3.63) is 64.1 Å². The highest BCUT2D eigenvalue weighted by Gasteiger charge is 2.11. The number of halogens is 1. The third kappa shape index (κ3) is 6.88. The van der Waals surface area contributed by atoms with Crippen LogP contribution in [0.1, 0.15) is 17.5 Å². The van der Waals surface area contributed by atoms with E-state index >= 15 is 0 Å². The molecular formula is C21H27BrN4O2. The van der Waals surface area contributed by atoms with Crippen LogP contribution >= 0.6 is 15.9 Å². The van der Waals surface area contributed by atoms with Crippen molar-refractivity contribution in [1.29, 1.82) is 0 Å². The zero-order chi connectivity index (χ0) is 20.4. The first-order chi connectivity index (χ1) is 13.5. The van der Waals surface area contributed by atoms with Crippen LogP contribution in [0.4, 0.5) is 0 Å². The number of nitrogens with zero attached hydrogens (tertiary/aromatic N) is 2. The SMILES string of the molecule is CN=C(NCCC(=O)N(C)Cc1ccccc1Br)NCc1ccc(OC)cc1. The fraction of sp³-hybridized carbons (Fsp3) is 0.333.